The summed E-state index contributed by atoms with van der Waals surface area (Å²) in [5.41, 5.74) is 16.9. The highest BCUT2D eigenvalue weighted by Gasteiger charge is 2.34. The lowest BCUT2D eigenvalue weighted by Gasteiger charge is -2.37. The first-order chi connectivity index (χ1) is 65.9. The van der Waals surface area contributed by atoms with Crippen LogP contribution in [0.1, 0.15) is 95.2 Å². The number of nitrogens with one attached hydrogen (secondary N) is 4. The van der Waals surface area contributed by atoms with E-state index < -0.39 is 39.7 Å². The number of likely N-dealkylation sites (tertiary alicyclic amines) is 2. The maximum Gasteiger partial charge on any atom is 0.261 e. The van der Waals surface area contributed by atoms with Gasteiger partial charge in [-0.3, -0.25) is 9.44 Å². The fourth-order valence-corrected chi connectivity index (χ4v) is 26.2. The summed E-state index contributed by atoms with van der Waals surface area (Å²) in [6.07, 6.45) is 9.31. The third kappa shape index (κ3) is 25.7. The van der Waals surface area contributed by atoms with E-state index in [9.17, 15) is 43.9 Å². The van der Waals surface area contributed by atoms with Crippen LogP contribution in [0.5, 0.6) is 0 Å². The zero-order chi connectivity index (χ0) is 96.7. The van der Waals surface area contributed by atoms with Crippen LogP contribution in [0.15, 0.2) is 272 Å². The molecule has 22 nitrogen and oxygen atoms in total. The number of hydrogen-bond acceptors (Lipinski definition) is 20. The van der Waals surface area contributed by atoms with E-state index in [1.165, 1.54) is 22.3 Å². The van der Waals surface area contributed by atoms with Crippen LogP contribution < -0.4 is 39.7 Å². The van der Waals surface area contributed by atoms with Crippen molar-refractivity contribution in [1.29, 1.82) is 0 Å². The van der Waals surface area contributed by atoms with Gasteiger partial charge in [0.2, 0.25) is 0 Å². The molecular formula is C107H128Cl2N12O10S6. The first-order valence-corrected chi connectivity index (χ1v) is 57.2. The Morgan fingerprint density at radius 1 is 0.394 bits per heavy atom. The van der Waals surface area contributed by atoms with Gasteiger partial charge >= 0.3 is 0 Å². The fraction of sp³-hybridized carbons (Fsp3) is 0.364. The minimum Gasteiger partial charge on any atom is -0.393 e. The number of piperazine rings is 2. The van der Waals surface area contributed by atoms with Gasteiger partial charge < -0.3 is 59.4 Å². The standard InChI is InChI=1S/C54H65ClN6O5S3.C53H63ClN6O5S3/c1-5-11-51-54(68(4,63)64)52(53(61(51)6-2)40-16-18-42(55)19-17-40)41-12-10-13-46(37-41)60-34-32-59(33-35-60)45-22-20-43(21-23-45)57-69(65,66)49-24-25-50(39(3)36-49)56-44(38-67-48-14-8-7-9-15-48)26-29-58-30-27-47(62)28-31-58;1-5-50-53(67(4,62)63)51(52(60(50)6-2)39-15-17-41(54)18-16-39)40-11-10-12-45(36-40)59-33-31-58(32-34-59)44-21-19-42(20-22-44)56-68(64,65)48-23-24-49(38(3)35-48)55-43(37-66-47-13-8-7-9-14-47)25-28-57-29-26-46(61)27-30-57/h7-10,12-25,36-37,44,47,56-57,62H,5-6,11,26-35,38H2,1-4H3;7-24,35-36,43,46,55-56,61H,5-6,25-34,37H2,1-4H3/t44-;43-/m11/s1. The maximum absolute atomic E-state index is 13.7. The van der Waals surface area contributed by atoms with Crippen LogP contribution in [0, 0.1) is 13.8 Å². The van der Waals surface area contributed by atoms with Crippen LogP contribution in [0.25, 0.3) is 44.8 Å². The van der Waals surface area contributed by atoms with Crippen molar-refractivity contribution in [3.05, 3.63) is 275 Å². The van der Waals surface area contributed by atoms with E-state index >= 15 is 0 Å². The second kappa shape index (κ2) is 46.0. The monoisotopic (exact) mass is 2000 g/mol. The lowest BCUT2D eigenvalue weighted by atomic mass is 10.00. The number of nitrogens with zero attached hydrogens (tertiary/aromatic N) is 8. The second-order valence-corrected chi connectivity index (χ2v) is 46.4. The largest absolute Gasteiger partial charge is 0.393 e. The Hall–Kier alpha value is -9.92. The highest BCUT2D eigenvalue weighted by Crippen LogP contribution is 2.47. The number of thioether (sulfide) groups is 2. The number of aliphatic hydroxyl groups excluding tert-OH is 2. The normalized spacial score (nSPS) is 15.6. The van der Waals surface area contributed by atoms with Crippen molar-refractivity contribution in [2.45, 2.75) is 166 Å². The topological polar surface area (TPSA) is 254 Å². The predicted molar refractivity (Wildman–Crippen MR) is 569 cm³/mol. The van der Waals surface area contributed by atoms with Gasteiger partial charge in [-0.25, -0.2) is 33.7 Å². The van der Waals surface area contributed by atoms with E-state index in [1.807, 2.05) is 197 Å². The smallest absolute Gasteiger partial charge is 0.261 e. The van der Waals surface area contributed by atoms with Gasteiger partial charge in [0.15, 0.2) is 19.7 Å². The van der Waals surface area contributed by atoms with E-state index in [2.05, 4.69) is 145 Å². The number of halogens is 2. The van der Waals surface area contributed by atoms with Gasteiger partial charge in [0.05, 0.1) is 43.2 Å². The Morgan fingerprint density at radius 2 is 0.752 bits per heavy atom. The molecule has 2 aromatic heterocycles. The number of hydrogen-bond donors (Lipinski definition) is 6. The van der Waals surface area contributed by atoms with Gasteiger partial charge in [-0.1, -0.05) is 128 Å². The van der Waals surface area contributed by atoms with E-state index in [4.69, 9.17) is 23.2 Å². The molecule has 0 aliphatic carbocycles. The summed E-state index contributed by atoms with van der Waals surface area (Å²) in [6, 6.07) is 78.4. The van der Waals surface area contributed by atoms with E-state index in [-0.39, 0.29) is 34.1 Å². The molecule has 0 spiro atoms. The van der Waals surface area contributed by atoms with Crippen molar-refractivity contribution in [1.82, 2.24) is 18.9 Å². The third-order valence-corrected chi connectivity index (χ3v) is 34.4. The molecule has 10 aromatic carbocycles. The Bertz CT molecular complexity index is 6570. The van der Waals surface area contributed by atoms with Crippen molar-refractivity contribution in [3.63, 3.8) is 0 Å². The summed E-state index contributed by atoms with van der Waals surface area (Å²) in [4.78, 5) is 17.7. The number of aliphatic hydroxyl groups is 2. The molecule has 6 heterocycles. The molecule has 137 heavy (non-hydrogen) atoms. The van der Waals surface area contributed by atoms with Crippen molar-refractivity contribution < 1.29 is 43.9 Å². The molecule has 0 unspecified atom stereocenters. The summed E-state index contributed by atoms with van der Waals surface area (Å²) < 4.78 is 119. The predicted octanol–water partition coefficient (Wildman–Crippen LogP) is 21.0. The SMILES string of the molecule is CCCc1c(S(C)(=O)=O)c(-c2cccc(N3CCN(c4ccc(NS(=O)(=O)c5ccc(N[C@H](CCN6CCC(O)CC6)CSc6ccccc6)c(C)c5)cc4)CC3)c2)c(-c2ccc(Cl)cc2)n1CC.CCc1c(S(C)(=O)=O)c(-c2cccc(N3CCN(c4ccc(NS(=O)(=O)c5ccc(N[C@H](CCN6CCC(O)CC6)CSc6ccccc6)c(C)c5)cc4)CC3)c2)c(-c2ccc(Cl)cc2)n1CC. The molecule has 0 saturated carbocycles. The lowest BCUT2D eigenvalue weighted by molar-refractivity contribution is 0.0815. The molecule has 0 bridgehead atoms. The minimum atomic E-state index is -3.86. The number of sulfonamides is 2. The second-order valence-electron chi connectivity index (χ2n) is 36.1. The zero-order valence-electron chi connectivity index (χ0n) is 79.4. The van der Waals surface area contributed by atoms with Crippen molar-refractivity contribution in [3.8, 4) is 44.8 Å². The van der Waals surface area contributed by atoms with Crippen molar-refractivity contribution in [2.75, 3.05) is 155 Å². The van der Waals surface area contributed by atoms with Crippen LogP contribution in [0.4, 0.5) is 45.5 Å². The quantitative estimate of drug-likeness (QED) is 0.0198. The van der Waals surface area contributed by atoms with Gasteiger partial charge in [0.1, 0.15) is 0 Å². The fourth-order valence-electron chi connectivity index (χ4n) is 19.2. The van der Waals surface area contributed by atoms with Crippen molar-refractivity contribution in [2.24, 2.45) is 0 Å². The number of rotatable bonds is 37. The van der Waals surface area contributed by atoms with Gasteiger partial charge in [0.25, 0.3) is 20.0 Å². The Morgan fingerprint density at radius 3 is 1.09 bits per heavy atom. The molecule has 30 heteroatoms. The maximum atomic E-state index is 13.7. The van der Waals surface area contributed by atoms with E-state index in [0.717, 1.165) is 244 Å². The van der Waals surface area contributed by atoms with Gasteiger partial charge in [-0.05, 0) is 270 Å². The minimum absolute atomic E-state index is 0.157. The average molecular weight is 2010 g/mol. The molecule has 4 aliphatic heterocycles. The molecule has 4 fully saturated rings. The van der Waals surface area contributed by atoms with Gasteiger partial charge in [-0.15, -0.1) is 23.5 Å². The molecule has 6 N–H and O–H groups in total. The van der Waals surface area contributed by atoms with E-state index in [1.54, 1.807) is 24.3 Å². The summed E-state index contributed by atoms with van der Waals surface area (Å²) >= 11 is 16.2. The van der Waals surface area contributed by atoms with Crippen molar-refractivity contribution >= 4 is 132 Å². The first kappa shape index (κ1) is 101. The summed E-state index contributed by atoms with van der Waals surface area (Å²) in [5, 5.41) is 28.7. The summed E-state index contributed by atoms with van der Waals surface area (Å²) in [6.45, 7) is 24.8. The number of benzene rings is 10. The third-order valence-electron chi connectivity index (χ3n) is 26.4. The highest BCUT2D eigenvalue weighted by atomic mass is 35.5. The zero-order valence-corrected chi connectivity index (χ0v) is 85.8. The van der Waals surface area contributed by atoms with Gasteiger partial charge in [0, 0.05) is 229 Å². The average Bonchev–Trinajstić information content (AvgIpc) is 1.59. The lowest BCUT2D eigenvalue weighted by Crippen LogP contribution is -2.46. The van der Waals surface area contributed by atoms with Gasteiger partial charge in [-0.2, -0.15) is 0 Å². The molecule has 0 amide bonds. The molecule has 12 aromatic rings. The van der Waals surface area contributed by atoms with Crippen LogP contribution in [-0.2, 0) is 65.7 Å². The highest BCUT2D eigenvalue weighted by molar-refractivity contribution is 7.99. The summed E-state index contributed by atoms with van der Waals surface area (Å²) in [5.74, 6) is 1.72. The molecule has 0 radical (unpaired) electrons. The molecule has 16 rings (SSSR count). The van der Waals surface area contributed by atoms with Crippen LogP contribution in [-0.4, -0.2) is 203 Å². The number of aryl methyl sites for hydroxylation is 2. The number of anilines is 8. The van der Waals surface area contributed by atoms with Crippen LogP contribution >= 0.6 is 46.7 Å². The Kier molecular flexibility index (Phi) is 34.1. The van der Waals surface area contributed by atoms with Crippen LogP contribution in [0.2, 0.25) is 10.0 Å². The molecular weight excluding hydrogens is 1880 g/mol. The Balaban J connectivity index is 0.000000208. The number of piperidine rings is 2. The molecule has 2 atom stereocenters. The molecule has 726 valence electrons. The van der Waals surface area contributed by atoms with Crippen LogP contribution in [0.3, 0.4) is 0 Å². The first-order valence-electron chi connectivity index (χ1n) is 47.7. The molecule has 4 aliphatic rings. The number of aromatic nitrogens is 2. The summed E-state index contributed by atoms with van der Waals surface area (Å²) in [7, 11) is -14.9. The molecule has 4 saturated heterocycles. The number of sulfone groups is 2. The Labute approximate surface area is 829 Å². The van der Waals surface area contributed by atoms with E-state index in [0.29, 0.717) is 62.7 Å².